The van der Waals surface area contributed by atoms with Gasteiger partial charge < -0.3 is 13.9 Å². The van der Waals surface area contributed by atoms with E-state index in [1.807, 2.05) is 0 Å². The van der Waals surface area contributed by atoms with Crippen molar-refractivity contribution >= 4 is 44.8 Å². The maximum atomic E-state index is 12.8. The number of esters is 1. The van der Waals surface area contributed by atoms with E-state index in [-0.39, 0.29) is 35.2 Å². The molecule has 3 aromatic rings. The first-order chi connectivity index (χ1) is 14.3. The predicted molar refractivity (Wildman–Crippen MR) is 110 cm³/mol. The Morgan fingerprint density at radius 3 is 2.67 bits per heavy atom. The molecule has 1 fully saturated rings. The van der Waals surface area contributed by atoms with Crippen molar-refractivity contribution in [3.8, 4) is 0 Å². The molecule has 0 aliphatic carbocycles. The molecule has 1 aliphatic heterocycles. The molecule has 4 rings (SSSR count). The van der Waals surface area contributed by atoms with E-state index in [0.717, 1.165) is 0 Å². The number of hydrogen-bond acceptors (Lipinski definition) is 6. The summed E-state index contributed by atoms with van der Waals surface area (Å²) < 4.78 is 39.2. The van der Waals surface area contributed by atoms with Crippen molar-refractivity contribution in [1.82, 2.24) is 13.7 Å². The Hall–Kier alpha value is -2.17. The lowest BCUT2D eigenvalue weighted by atomic mass is 10.2. The largest absolute Gasteiger partial charge is 0.455 e. The summed E-state index contributed by atoms with van der Waals surface area (Å²) in [7, 11) is -3.76. The average molecular weight is 470 g/mol. The summed E-state index contributed by atoms with van der Waals surface area (Å²) in [5, 5.41) is 0.649. The van der Waals surface area contributed by atoms with Gasteiger partial charge in [-0.1, -0.05) is 23.2 Å². The van der Waals surface area contributed by atoms with E-state index >= 15 is 0 Å². The normalized spacial score (nSPS) is 15.4. The Balaban J connectivity index is 1.52. The SMILES string of the molecule is O=C(OCc1cn2cc(Cl)ccc2n1)c1cc(S(=O)(=O)N2CCOCC2)ccc1Cl. The van der Waals surface area contributed by atoms with Crippen LogP contribution in [0, 0.1) is 0 Å². The number of carbonyl (C=O) groups excluding carboxylic acids is 1. The third-order valence-electron chi connectivity index (χ3n) is 4.58. The molecule has 1 saturated heterocycles. The van der Waals surface area contributed by atoms with Gasteiger partial charge in [0.05, 0.1) is 39.4 Å². The molecule has 3 heterocycles. The van der Waals surface area contributed by atoms with Gasteiger partial charge in [-0.05, 0) is 30.3 Å². The molecule has 1 aromatic carbocycles. The second kappa shape index (κ2) is 8.52. The number of imidazole rings is 1. The predicted octanol–water partition coefficient (Wildman–Crippen LogP) is 3.02. The number of nitrogens with zero attached hydrogens (tertiary/aromatic N) is 3. The quantitative estimate of drug-likeness (QED) is 0.533. The van der Waals surface area contributed by atoms with Crippen LogP contribution in [0.1, 0.15) is 16.1 Å². The van der Waals surface area contributed by atoms with E-state index in [1.54, 1.807) is 28.9 Å². The topological polar surface area (TPSA) is 90.2 Å². The molecule has 2 aromatic heterocycles. The molecule has 30 heavy (non-hydrogen) atoms. The zero-order valence-corrected chi connectivity index (χ0v) is 18.0. The molecule has 0 N–H and O–H groups in total. The molecule has 0 bridgehead atoms. The Labute approximate surface area is 183 Å². The summed E-state index contributed by atoms with van der Waals surface area (Å²) in [6.45, 7) is 1.05. The summed E-state index contributed by atoms with van der Waals surface area (Å²) in [6, 6.07) is 7.43. The number of pyridine rings is 1. The fourth-order valence-electron chi connectivity index (χ4n) is 3.06. The third kappa shape index (κ3) is 4.30. The van der Waals surface area contributed by atoms with Crippen LogP contribution in [0.2, 0.25) is 10.0 Å². The Morgan fingerprint density at radius 1 is 1.13 bits per heavy atom. The summed E-state index contributed by atoms with van der Waals surface area (Å²) in [5.74, 6) is -0.742. The van der Waals surface area contributed by atoms with Crippen LogP contribution in [0.15, 0.2) is 47.6 Å². The van der Waals surface area contributed by atoms with E-state index in [9.17, 15) is 13.2 Å². The van der Waals surface area contributed by atoms with E-state index < -0.39 is 16.0 Å². The standard InChI is InChI=1S/C19H17Cl2N3O5S/c20-13-1-4-18-22-14(11-23(18)10-13)12-29-19(25)16-9-15(2-3-17(16)21)30(26,27)24-5-7-28-8-6-24/h1-4,9-11H,5-8,12H2. The number of ether oxygens (including phenoxy) is 2. The fraction of sp³-hybridized carbons (Fsp3) is 0.263. The molecule has 0 unspecified atom stereocenters. The van der Waals surface area contributed by atoms with E-state index in [0.29, 0.717) is 29.6 Å². The number of fused-ring (bicyclic) bond motifs is 1. The van der Waals surface area contributed by atoms with E-state index in [4.69, 9.17) is 32.7 Å². The highest BCUT2D eigenvalue weighted by atomic mass is 35.5. The highest BCUT2D eigenvalue weighted by molar-refractivity contribution is 7.89. The first kappa shape index (κ1) is 21.1. The van der Waals surface area contributed by atoms with Crippen molar-refractivity contribution in [2.45, 2.75) is 11.5 Å². The minimum Gasteiger partial charge on any atom is -0.455 e. The lowest BCUT2D eigenvalue weighted by Crippen LogP contribution is -2.40. The lowest BCUT2D eigenvalue weighted by molar-refractivity contribution is 0.0468. The van der Waals surface area contributed by atoms with Gasteiger partial charge in [0.2, 0.25) is 10.0 Å². The third-order valence-corrected chi connectivity index (χ3v) is 7.03. The number of carbonyl (C=O) groups is 1. The van der Waals surface area contributed by atoms with Crippen molar-refractivity contribution in [1.29, 1.82) is 0 Å². The van der Waals surface area contributed by atoms with Crippen LogP contribution in [0.3, 0.4) is 0 Å². The molecule has 0 radical (unpaired) electrons. The molecule has 11 heteroatoms. The second-order valence-corrected chi connectivity index (χ2v) is 9.36. The molecule has 0 spiro atoms. The van der Waals surface area contributed by atoms with Gasteiger partial charge in [0, 0.05) is 25.5 Å². The number of morpholine rings is 1. The summed E-state index contributed by atoms with van der Waals surface area (Å²) in [4.78, 5) is 16.9. The number of sulfonamides is 1. The summed E-state index contributed by atoms with van der Waals surface area (Å²) in [6.07, 6.45) is 3.38. The van der Waals surface area contributed by atoms with Gasteiger partial charge in [-0.25, -0.2) is 18.2 Å². The van der Waals surface area contributed by atoms with Crippen LogP contribution < -0.4 is 0 Å². The first-order valence-electron chi connectivity index (χ1n) is 9.02. The van der Waals surface area contributed by atoms with Gasteiger partial charge in [-0.15, -0.1) is 0 Å². The van der Waals surface area contributed by atoms with Crippen molar-refractivity contribution in [3.63, 3.8) is 0 Å². The molecular weight excluding hydrogens is 453 g/mol. The summed E-state index contributed by atoms with van der Waals surface area (Å²) >= 11 is 12.1. The molecule has 1 aliphatic rings. The van der Waals surface area contributed by atoms with E-state index in [2.05, 4.69) is 4.98 Å². The Kier molecular flexibility index (Phi) is 5.99. The van der Waals surface area contributed by atoms with Gasteiger partial charge >= 0.3 is 5.97 Å². The Bertz CT molecular complexity index is 1210. The number of benzene rings is 1. The molecule has 0 amide bonds. The van der Waals surface area contributed by atoms with E-state index in [1.165, 1.54) is 22.5 Å². The van der Waals surface area contributed by atoms with Gasteiger partial charge in [0.15, 0.2) is 0 Å². The van der Waals surface area contributed by atoms with Crippen LogP contribution in [-0.2, 0) is 26.1 Å². The number of halogens is 2. The highest BCUT2D eigenvalue weighted by Gasteiger charge is 2.28. The van der Waals surface area contributed by atoms with Crippen molar-refractivity contribution in [3.05, 3.63) is 64.0 Å². The minimum absolute atomic E-state index is 0.0249. The van der Waals surface area contributed by atoms with Crippen molar-refractivity contribution < 1.29 is 22.7 Å². The number of hydrogen-bond donors (Lipinski definition) is 0. The summed E-state index contributed by atoms with van der Waals surface area (Å²) in [5.41, 5.74) is 1.14. The maximum absolute atomic E-state index is 12.8. The fourth-order valence-corrected chi connectivity index (χ4v) is 4.86. The lowest BCUT2D eigenvalue weighted by Gasteiger charge is -2.26. The maximum Gasteiger partial charge on any atom is 0.340 e. The number of rotatable bonds is 5. The van der Waals surface area contributed by atoms with Crippen LogP contribution in [0.4, 0.5) is 0 Å². The number of aromatic nitrogens is 2. The Morgan fingerprint density at radius 2 is 1.90 bits per heavy atom. The smallest absolute Gasteiger partial charge is 0.340 e. The van der Waals surface area contributed by atoms with Crippen LogP contribution in [0.5, 0.6) is 0 Å². The zero-order chi connectivity index (χ0) is 21.3. The zero-order valence-electron chi connectivity index (χ0n) is 15.6. The van der Waals surface area contributed by atoms with Gasteiger partial charge in [-0.3, -0.25) is 0 Å². The minimum atomic E-state index is -3.76. The molecule has 158 valence electrons. The van der Waals surface area contributed by atoms with Crippen LogP contribution in [0.25, 0.3) is 5.65 Å². The molecular formula is C19H17Cl2N3O5S. The highest BCUT2D eigenvalue weighted by Crippen LogP contribution is 2.24. The van der Waals surface area contributed by atoms with Gasteiger partial charge in [0.1, 0.15) is 12.3 Å². The second-order valence-electron chi connectivity index (χ2n) is 6.58. The molecule has 0 saturated carbocycles. The van der Waals surface area contributed by atoms with Crippen molar-refractivity contribution in [2.24, 2.45) is 0 Å². The molecule has 0 atom stereocenters. The molecule has 8 nitrogen and oxygen atoms in total. The van der Waals surface area contributed by atoms with Crippen LogP contribution >= 0.6 is 23.2 Å². The van der Waals surface area contributed by atoms with Crippen molar-refractivity contribution in [2.75, 3.05) is 26.3 Å². The first-order valence-corrected chi connectivity index (χ1v) is 11.2. The monoisotopic (exact) mass is 469 g/mol. The van der Waals surface area contributed by atoms with Gasteiger partial charge in [-0.2, -0.15) is 4.31 Å². The van der Waals surface area contributed by atoms with Crippen LogP contribution in [-0.4, -0.2) is 54.4 Å². The van der Waals surface area contributed by atoms with Gasteiger partial charge in [0.25, 0.3) is 0 Å². The average Bonchev–Trinajstić information content (AvgIpc) is 3.15.